The van der Waals surface area contributed by atoms with Crippen LogP contribution < -0.4 is 20.1 Å². The number of rotatable bonds is 8. The summed E-state index contributed by atoms with van der Waals surface area (Å²) in [7, 11) is 5.04. The van der Waals surface area contributed by atoms with Gasteiger partial charge in [-0.05, 0) is 23.3 Å². The van der Waals surface area contributed by atoms with Crippen molar-refractivity contribution in [1.82, 2.24) is 25.4 Å². The molecule has 3 rings (SSSR count). The molecule has 0 saturated heterocycles. The Hall–Kier alpha value is -3.55. The molecule has 3 aromatic rings. The van der Waals surface area contributed by atoms with Gasteiger partial charge in [0.15, 0.2) is 5.96 Å². The smallest absolute Gasteiger partial charge is 0.191 e. The summed E-state index contributed by atoms with van der Waals surface area (Å²) in [6.45, 7) is 1.93. The molecular formula is C21H26N6O2. The average Bonchev–Trinajstić information content (AvgIpc) is 3.27. The molecule has 29 heavy (non-hydrogen) atoms. The van der Waals surface area contributed by atoms with Gasteiger partial charge in [-0.1, -0.05) is 24.3 Å². The van der Waals surface area contributed by atoms with E-state index in [1.165, 1.54) is 5.56 Å². The highest BCUT2D eigenvalue weighted by atomic mass is 16.5. The largest absolute Gasteiger partial charge is 0.497 e. The Morgan fingerprint density at radius 3 is 2.59 bits per heavy atom. The van der Waals surface area contributed by atoms with E-state index in [0.29, 0.717) is 25.6 Å². The zero-order valence-electron chi connectivity index (χ0n) is 16.9. The number of guanidine groups is 1. The van der Waals surface area contributed by atoms with Crippen molar-refractivity contribution in [2.75, 3.05) is 21.3 Å². The zero-order valence-corrected chi connectivity index (χ0v) is 16.9. The van der Waals surface area contributed by atoms with Gasteiger partial charge in [0.05, 0.1) is 20.8 Å². The van der Waals surface area contributed by atoms with Gasteiger partial charge in [-0.3, -0.25) is 4.99 Å². The van der Waals surface area contributed by atoms with Gasteiger partial charge in [-0.25, -0.2) is 9.67 Å². The molecule has 8 nitrogen and oxygen atoms in total. The second kappa shape index (κ2) is 10.1. The SMILES string of the molecule is CN=C(NCc1cccc(Cn2cncn2)c1)NCc1ccc(OC)cc1OC. The minimum atomic E-state index is 0.583. The van der Waals surface area contributed by atoms with Crippen molar-refractivity contribution in [1.29, 1.82) is 0 Å². The fraction of sp³-hybridized carbons (Fsp3) is 0.286. The third kappa shape index (κ3) is 5.71. The van der Waals surface area contributed by atoms with E-state index < -0.39 is 0 Å². The lowest BCUT2D eigenvalue weighted by Crippen LogP contribution is -2.36. The molecule has 0 spiro atoms. The van der Waals surface area contributed by atoms with Crippen LogP contribution in [0.15, 0.2) is 60.1 Å². The molecular weight excluding hydrogens is 368 g/mol. The number of methoxy groups -OCH3 is 2. The van der Waals surface area contributed by atoms with Gasteiger partial charge in [0.2, 0.25) is 0 Å². The van der Waals surface area contributed by atoms with E-state index in [-0.39, 0.29) is 0 Å². The number of benzene rings is 2. The van der Waals surface area contributed by atoms with Crippen molar-refractivity contribution in [3.8, 4) is 11.5 Å². The second-order valence-electron chi connectivity index (χ2n) is 6.37. The Morgan fingerprint density at radius 1 is 1.03 bits per heavy atom. The Kier molecular flexibility index (Phi) is 7.05. The molecule has 0 unspecified atom stereocenters. The number of ether oxygens (including phenoxy) is 2. The normalized spacial score (nSPS) is 11.2. The molecule has 0 bridgehead atoms. The van der Waals surface area contributed by atoms with Gasteiger partial charge < -0.3 is 20.1 Å². The summed E-state index contributed by atoms with van der Waals surface area (Å²) in [5, 5.41) is 10.8. The Bertz CT molecular complexity index is 940. The third-order valence-corrected chi connectivity index (χ3v) is 4.43. The number of nitrogens with zero attached hydrogens (tertiary/aromatic N) is 4. The van der Waals surface area contributed by atoms with Crippen LogP contribution in [0.1, 0.15) is 16.7 Å². The van der Waals surface area contributed by atoms with Gasteiger partial charge in [0.1, 0.15) is 24.2 Å². The highest BCUT2D eigenvalue weighted by Gasteiger charge is 2.06. The first-order valence-electron chi connectivity index (χ1n) is 9.27. The van der Waals surface area contributed by atoms with Gasteiger partial charge in [0, 0.05) is 31.8 Å². The quantitative estimate of drug-likeness (QED) is 0.450. The number of hydrogen-bond acceptors (Lipinski definition) is 5. The van der Waals surface area contributed by atoms with Crippen LogP contribution in [-0.4, -0.2) is 42.0 Å². The molecule has 1 aromatic heterocycles. The first kappa shape index (κ1) is 20.2. The summed E-state index contributed by atoms with van der Waals surface area (Å²) in [6.07, 6.45) is 3.25. The van der Waals surface area contributed by atoms with E-state index >= 15 is 0 Å². The predicted molar refractivity (Wildman–Crippen MR) is 112 cm³/mol. The predicted octanol–water partition coefficient (Wildman–Crippen LogP) is 2.21. The maximum atomic E-state index is 5.45. The molecule has 0 fully saturated rings. The van der Waals surface area contributed by atoms with Crippen LogP contribution in [-0.2, 0) is 19.6 Å². The number of aromatic nitrogens is 3. The zero-order chi connectivity index (χ0) is 20.5. The first-order chi connectivity index (χ1) is 14.2. The van der Waals surface area contributed by atoms with E-state index in [1.54, 1.807) is 38.6 Å². The lowest BCUT2D eigenvalue weighted by molar-refractivity contribution is 0.390. The minimum absolute atomic E-state index is 0.583. The standard InChI is InChI=1S/C21H26N6O2/c1-22-21(25-12-18-7-8-19(28-2)10-20(18)29-3)24-11-16-5-4-6-17(9-16)13-27-15-23-14-26-27/h4-10,14-15H,11-13H2,1-3H3,(H2,22,24,25). The van der Waals surface area contributed by atoms with Crippen molar-refractivity contribution < 1.29 is 9.47 Å². The van der Waals surface area contributed by atoms with Crippen LogP contribution in [0, 0.1) is 0 Å². The van der Waals surface area contributed by atoms with Crippen molar-refractivity contribution >= 4 is 5.96 Å². The summed E-state index contributed by atoms with van der Waals surface area (Å²) in [4.78, 5) is 8.28. The molecule has 1 heterocycles. The average molecular weight is 394 g/mol. The van der Waals surface area contributed by atoms with E-state index in [9.17, 15) is 0 Å². The summed E-state index contributed by atoms with van der Waals surface area (Å²) >= 11 is 0. The van der Waals surface area contributed by atoms with Crippen LogP contribution in [0.25, 0.3) is 0 Å². The lowest BCUT2D eigenvalue weighted by atomic mass is 10.1. The maximum absolute atomic E-state index is 5.45. The fourth-order valence-corrected chi connectivity index (χ4v) is 2.92. The van der Waals surface area contributed by atoms with Crippen LogP contribution in [0.2, 0.25) is 0 Å². The van der Waals surface area contributed by atoms with Crippen molar-refractivity contribution in [2.24, 2.45) is 4.99 Å². The van der Waals surface area contributed by atoms with E-state index in [2.05, 4.69) is 43.9 Å². The van der Waals surface area contributed by atoms with Gasteiger partial charge in [-0.15, -0.1) is 0 Å². The number of hydrogen-bond donors (Lipinski definition) is 2. The number of nitrogens with one attached hydrogen (secondary N) is 2. The molecule has 0 amide bonds. The minimum Gasteiger partial charge on any atom is -0.497 e. The lowest BCUT2D eigenvalue weighted by Gasteiger charge is -2.15. The van der Waals surface area contributed by atoms with Crippen LogP contribution in [0.4, 0.5) is 0 Å². The Labute approximate surface area is 170 Å². The van der Waals surface area contributed by atoms with Gasteiger partial charge >= 0.3 is 0 Å². The Morgan fingerprint density at radius 2 is 1.86 bits per heavy atom. The van der Waals surface area contributed by atoms with Crippen LogP contribution in [0.3, 0.4) is 0 Å². The van der Waals surface area contributed by atoms with Crippen molar-refractivity contribution in [3.63, 3.8) is 0 Å². The molecule has 2 aromatic carbocycles. The molecule has 0 radical (unpaired) electrons. The highest BCUT2D eigenvalue weighted by molar-refractivity contribution is 5.79. The first-order valence-corrected chi connectivity index (χ1v) is 9.27. The molecule has 152 valence electrons. The second-order valence-corrected chi connectivity index (χ2v) is 6.37. The molecule has 2 N–H and O–H groups in total. The van der Waals surface area contributed by atoms with E-state index in [0.717, 1.165) is 22.6 Å². The fourth-order valence-electron chi connectivity index (χ4n) is 2.92. The van der Waals surface area contributed by atoms with Crippen molar-refractivity contribution in [3.05, 3.63) is 71.8 Å². The molecule has 0 aliphatic rings. The molecule has 0 atom stereocenters. The molecule has 0 aliphatic heterocycles. The summed E-state index contributed by atoms with van der Waals surface area (Å²) < 4.78 is 12.5. The number of aliphatic imine (C=N–C) groups is 1. The van der Waals surface area contributed by atoms with Crippen LogP contribution in [0.5, 0.6) is 11.5 Å². The van der Waals surface area contributed by atoms with Gasteiger partial charge in [0.25, 0.3) is 0 Å². The molecule has 0 saturated carbocycles. The topological polar surface area (TPSA) is 85.6 Å². The highest BCUT2D eigenvalue weighted by Crippen LogP contribution is 2.24. The van der Waals surface area contributed by atoms with E-state index in [1.807, 2.05) is 24.3 Å². The molecule has 8 heteroatoms. The Balaban J connectivity index is 1.56. The third-order valence-electron chi connectivity index (χ3n) is 4.43. The summed E-state index contributed by atoms with van der Waals surface area (Å²) in [6, 6.07) is 14.1. The van der Waals surface area contributed by atoms with E-state index in [4.69, 9.17) is 9.47 Å². The van der Waals surface area contributed by atoms with Crippen LogP contribution >= 0.6 is 0 Å². The van der Waals surface area contributed by atoms with Gasteiger partial charge in [-0.2, -0.15) is 5.10 Å². The maximum Gasteiger partial charge on any atom is 0.191 e. The molecule has 0 aliphatic carbocycles. The van der Waals surface area contributed by atoms with Crippen molar-refractivity contribution in [2.45, 2.75) is 19.6 Å². The summed E-state index contributed by atoms with van der Waals surface area (Å²) in [5.74, 6) is 2.25. The monoisotopic (exact) mass is 394 g/mol. The summed E-state index contributed by atoms with van der Waals surface area (Å²) in [5.41, 5.74) is 3.35.